The van der Waals surface area contributed by atoms with Gasteiger partial charge in [-0.25, -0.2) is 0 Å². The molecule has 0 aromatic heterocycles. The van der Waals surface area contributed by atoms with Gasteiger partial charge < -0.3 is 0 Å². The summed E-state index contributed by atoms with van der Waals surface area (Å²) in [4.78, 5) is 0. The van der Waals surface area contributed by atoms with Crippen molar-refractivity contribution >= 4 is 11.9 Å². The summed E-state index contributed by atoms with van der Waals surface area (Å²) in [5.41, 5.74) is 0.314. The molecule has 0 aliphatic carbocycles. The lowest BCUT2D eigenvalue weighted by Crippen LogP contribution is -2.14. The smallest absolute Gasteiger partial charge is 0.0767 e. The Kier molecular flexibility index (Phi) is 3.52. The fourth-order valence-corrected chi connectivity index (χ4v) is 0.957. The molecular weight excluding hydrogens is 136 g/mol. The normalized spacial score (nSPS) is 15.7. The van der Waals surface area contributed by atoms with Crippen molar-refractivity contribution in [3.63, 3.8) is 0 Å². The van der Waals surface area contributed by atoms with Crippen LogP contribution in [0.3, 0.4) is 0 Å². The van der Waals surface area contributed by atoms with Crippen molar-refractivity contribution in [2.24, 2.45) is 5.41 Å². The van der Waals surface area contributed by atoms with E-state index < -0.39 is 0 Å². The summed E-state index contributed by atoms with van der Waals surface area (Å²) in [5, 5.41) is 0. The summed E-state index contributed by atoms with van der Waals surface area (Å²) in [7, 11) is 0. The molecule has 0 fully saturated rings. The second kappa shape index (κ2) is 3.43. The molecule has 0 amide bonds. The number of hydrogen-bond acceptors (Lipinski definition) is 1. The number of rotatable bonds is 2. The van der Waals surface area contributed by atoms with Crippen molar-refractivity contribution < 1.29 is 4.29 Å². The largest absolute Gasteiger partial charge is 0.276 e. The van der Waals surface area contributed by atoms with Crippen LogP contribution in [0.2, 0.25) is 0 Å². The summed E-state index contributed by atoms with van der Waals surface area (Å²) in [5.74, 6) is 0. The van der Waals surface area contributed by atoms with E-state index in [1.807, 2.05) is 6.92 Å². The van der Waals surface area contributed by atoms with Gasteiger partial charge in [-0.3, -0.25) is 4.29 Å². The first kappa shape index (κ1) is 9.25. The van der Waals surface area contributed by atoms with Crippen LogP contribution < -0.4 is 0 Å². The van der Waals surface area contributed by atoms with Crippen molar-refractivity contribution in [1.82, 2.24) is 0 Å². The molecule has 0 aromatic carbocycles. The van der Waals surface area contributed by atoms with Gasteiger partial charge >= 0.3 is 0 Å². The van der Waals surface area contributed by atoms with Crippen LogP contribution in [0.15, 0.2) is 0 Å². The molecule has 0 radical (unpaired) electrons. The Morgan fingerprint density at radius 2 is 1.89 bits per heavy atom. The molecule has 0 rings (SSSR count). The highest BCUT2D eigenvalue weighted by atomic mass is 35.5. The van der Waals surface area contributed by atoms with Gasteiger partial charge in [0.05, 0.1) is 18.0 Å². The van der Waals surface area contributed by atoms with E-state index in [2.05, 4.69) is 25.1 Å². The maximum Gasteiger partial charge on any atom is 0.0767 e. The van der Waals surface area contributed by atoms with Crippen molar-refractivity contribution in [3.8, 4) is 0 Å². The molecule has 0 N–H and O–H groups in total. The average Bonchev–Trinajstić information content (AvgIpc) is 1.62. The number of halogens is 1. The molecule has 0 aliphatic heterocycles. The summed E-state index contributed by atoms with van der Waals surface area (Å²) in [6, 6.07) is 0. The van der Waals surface area contributed by atoms with E-state index in [0.29, 0.717) is 5.41 Å². The first-order valence-electron chi connectivity index (χ1n) is 3.23. The third kappa shape index (κ3) is 6.13. The molecule has 1 atom stereocenters. The van der Waals surface area contributed by atoms with Gasteiger partial charge in [0, 0.05) is 0 Å². The predicted molar refractivity (Wildman–Crippen MR) is 40.5 cm³/mol. The molecule has 0 spiro atoms. The van der Waals surface area contributed by atoms with E-state index in [0.717, 1.165) is 6.42 Å². The van der Waals surface area contributed by atoms with Gasteiger partial charge in [-0.15, -0.1) is 0 Å². The maximum atomic E-state index is 5.16. The molecule has 1 unspecified atom stereocenters. The summed E-state index contributed by atoms with van der Waals surface area (Å²) < 4.78 is 4.60. The van der Waals surface area contributed by atoms with Crippen LogP contribution in [0.5, 0.6) is 0 Å². The van der Waals surface area contributed by atoms with Crippen molar-refractivity contribution in [3.05, 3.63) is 0 Å². The second-order valence-electron chi connectivity index (χ2n) is 3.66. The van der Waals surface area contributed by atoms with Crippen LogP contribution in [0.25, 0.3) is 0 Å². The lowest BCUT2D eigenvalue weighted by molar-refractivity contribution is 0.175. The summed E-state index contributed by atoms with van der Waals surface area (Å²) in [6.07, 6.45) is 1.16. The molecule has 9 heavy (non-hydrogen) atoms. The monoisotopic (exact) mass is 150 g/mol. The first-order valence-corrected chi connectivity index (χ1v) is 3.54. The van der Waals surface area contributed by atoms with Gasteiger partial charge in [0.2, 0.25) is 0 Å². The fraction of sp³-hybridized carbons (Fsp3) is 1.00. The van der Waals surface area contributed by atoms with E-state index in [-0.39, 0.29) is 6.10 Å². The Labute approximate surface area is 62.5 Å². The average molecular weight is 151 g/mol. The minimum Gasteiger partial charge on any atom is -0.276 e. The van der Waals surface area contributed by atoms with Gasteiger partial charge in [0.15, 0.2) is 0 Å². The molecule has 0 saturated carbocycles. The van der Waals surface area contributed by atoms with E-state index >= 15 is 0 Å². The fourth-order valence-electron chi connectivity index (χ4n) is 0.894. The van der Waals surface area contributed by atoms with Gasteiger partial charge in [-0.1, -0.05) is 20.8 Å². The highest BCUT2D eigenvalue weighted by Gasteiger charge is 2.14. The number of hydrogen-bond donors (Lipinski definition) is 0. The van der Waals surface area contributed by atoms with Crippen molar-refractivity contribution in [1.29, 1.82) is 0 Å². The van der Waals surface area contributed by atoms with E-state index in [1.54, 1.807) is 0 Å². The Bertz CT molecular complexity index is 75.5. The Morgan fingerprint density at radius 1 is 1.44 bits per heavy atom. The van der Waals surface area contributed by atoms with Crippen LogP contribution in [0, 0.1) is 5.41 Å². The van der Waals surface area contributed by atoms with Gasteiger partial charge in [0.25, 0.3) is 0 Å². The van der Waals surface area contributed by atoms with Gasteiger partial charge in [0.1, 0.15) is 0 Å². The van der Waals surface area contributed by atoms with Crippen LogP contribution in [0.4, 0.5) is 0 Å². The zero-order valence-electron chi connectivity index (χ0n) is 6.57. The summed E-state index contributed by atoms with van der Waals surface area (Å²) in [6.45, 7) is 8.47. The molecule has 1 nitrogen and oxygen atoms in total. The second-order valence-corrected chi connectivity index (χ2v) is 3.84. The van der Waals surface area contributed by atoms with Gasteiger partial charge in [-0.2, -0.15) is 0 Å². The van der Waals surface area contributed by atoms with Crippen molar-refractivity contribution in [2.45, 2.75) is 40.2 Å². The molecular formula is C7H15ClO. The minimum absolute atomic E-state index is 0.159. The molecule has 0 saturated heterocycles. The zero-order valence-corrected chi connectivity index (χ0v) is 7.33. The highest BCUT2D eigenvalue weighted by molar-refractivity contribution is 6.07. The third-order valence-corrected chi connectivity index (χ3v) is 1.36. The Hall–Kier alpha value is 0.250. The Balaban J connectivity index is 3.47. The van der Waals surface area contributed by atoms with Crippen LogP contribution in [0.1, 0.15) is 34.1 Å². The van der Waals surface area contributed by atoms with E-state index in [4.69, 9.17) is 11.9 Å². The first-order chi connectivity index (χ1) is 3.95. The van der Waals surface area contributed by atoms with Crippen LogP contribution in [-0.2, 0) is 4.29 Å². The Morgan fingerprint density at radius 3 is 2.00 bits per heavy atom. The standard InChI is InChI=1S/C7H15ClO/c1-6(9-8)5-7(2,3)4/h6H,5H2,1-4H3. The molecule has 2 heteroatoms. The van der Waals surface area contributed by atoms with Gasteiger partial charge in [-0.05, 0) is 18.8 Å². The molecule has 56 valence electrons. The quantitative estimate of drug-likeness (QED) is 0.588. The zero-order chi connectivity index (χ0) is 7.49. The molecule has 0 aliphatic rings. The molecule has 0 bridgehead atoms. The minimum atomic E-state index is 0.159. The predicted octanol–water partition coefficient (Wildman–Crippen LogP) is 2.98. The van der Waals surface area contributed by atoms with E-state index in [9.17, 15) is 0 Å². The van der Waals surface area contributed by atoms with Crippen molar-refractivity contribution in [2.75, 3.05) is 0 Å². The third-order valence-electron chi connectivity index (χ3n) is 1.05. The highest BCUT2D eigenvalue weighted by Crippen LogP contribution is 2.22. The van der Waals surface area contributed by atoms with Crippen LogP contribution >= 0.6 is 11.9 Å². The maximum absolute atomic E-state index is 5.16. The lowest BCUT2D eigenvalue weighted by Gasteiger charge is -2.20. The molecule has 0 heterocycles. The van der Waals surface area contributed by atoms with Crippen LogP contribution in [-0.4, -0.2) is 6.10 Å². The lowest BCUT2D eigenvalue weighted by atomic mass is 9.90. The summed E-state index contributed by atoms with van der Waals surface area (Å²) >= 11 is 5.16. The SMILES string of the molecule is CC(CC(C)(C)C)OCl. The topological polar surface area (TPSA) is 9.23 Å². The molecule has 0 aromatic rings. The van der Waals surface area contributed by atoms with E-state index in [1.165, 1.54) is 0 Å².